The number of methoxy groups -OCH3 is 1. The van der Waals surface area contributed by atoms with Crippen LogP contribution in [0.3, 0.4) is 0 Å². The van der Waals surface area contributed by atoms with Crippen LogP contribution in [-0.2, 0) is 20.7 Å². The first kappa shape index (κ1) is 18.3. The van der Waals surface area contributed by atoms with E-state index in [4.69, 9.17) is 0 Å². The first-order valence-electron chi connectivity index (χ1n) is 7.94. The van der Waals surface area contributed by atoms with Crippen LogP contribution < -0.4 is 5.32 Å². The zero-order valence-corrected chi connectivity index (χ0v) is 14.8. The molecule has 1 unspecified atom stereocenters. The van der Waals surface area contributed by atoms with Gasteiger partial charge < -0.3 is 19.9 Å². The second-order valence-electron chi connectivity index (χ2n) is 5.67. The number of hydrogen-bond donors (Lipinski definition) is 1. The molecule has 0 aromatic carbocycles. The van der Waals surface area contributed by atoms with Crippen LogP contribution in [0.15, 0.2) is 17.5 Å². The number of carbonyl (C=O) groups excluding carboxylic acids is 3. The van der Waals surface area contributed by atoms with Crippen LogP contribution in [0.5, 0.6) is 0 Å². The number of nitrogens with one attached hydrogen (secondary N) is 1. The van der Waals surface area contributed by atoms with E-state index in [1.54, 1.807) is 23.2 Å². The van der Waals surface area contributed by atoms with Gasteiger partial charge in [-0.1, -0.05) is 6.07 Å². The molecule has 1 aliphatic heterocycles. The fourth-order valence-electron chi connectivity index (χ4n) is 2.63. The molecule has 1 aromatic heterocycles. The largest absolute Gasteiger partial charge is 0.453 e. The van der Waals surface area contributed by atoms with E-state index in [0.717, 1.165) is 11.3 Å². The van der Waals surface area contributed by atoms with Crippen molar-refractivity contribution in [3.8, 4) is 0 Å². The maximum atomic E-state index is 12.4. The fourth-order valence-corrected chi connectivity index (χ4v) is 3.33. The lowest BCUT2D eigenvalue weighted by Gasteiger charge is -2.25. The molecule has 0 bridgehead atoms. The summed E-state index contributed by atoms with van der Waals surface area (Å²) in [5, 5.41) is 4.44. The van der Waals surface area contributed by atoms with Gasteiger partial charge >= 0.3 is 6.09 Å². The van der Waals surface area contributed by atoms with Crippen LogP contribution in [0.2, 0.25) is 0 Å². The number of hydrogen-bond acceptors (Lipinski definition) is 5. The average molecular weight is 353 g/mol. The molecule has 3 amide bonds. The van der Waals surface area contributed by atoms with Crippen LogP contribution in [-0.4, -0.2) is 67.0 Å². The molecular formula is C16H23N3O4S. The van der Waals surface area contributed by atoms with Gasteiger partial charge in [-0.05, 0) is 24.8 Å². The quantitative estimate of drug-likeness (QED) is 0.879. The normalized spacial score (nSPS) is 16.2. The number of rotatable bonds is 4. The molecule has 132 valence electrons. The van der Waals surface area contributed by atoms with Gasteiger partial charge in [-0.25, -0.2) is 4.79 Å². The molecule has 24 heavy (non-hydrogen) atoms. The molecule has 1 aromatic rings. The minimum Gasteiger partial charge on any atom is -0.453 e. The highest BCUT2D eigenvalue weighted by Gasteiger charge is 2.26. The lowest BCUT2D eigenvalue weighted by atomic mass is 10.2. The highest BCUT2D eigenvalue weighted by Crippen LogP contribution is 2.12. The third-order valence-electron chi connectivity index (χ3n) is 3.96. The zero-order chi connectivity index (χ0) is 17.5. The van der Waals surface area contributed by atoms with Crippen LogP contribution >= 0.6 is 11.3 Å². The summed E-state index contributed by atoms with van der Waals surface area (Å²) in [6.07, 6.45) is 0.511. The topological polar surface area (TPSA) is 79.0 Å². The van der Waals surface area contributed by atoms with E-state index >= 15 is 0 Å². The molecule has 1 saturated heterocycles. The van der Waals surface area contributed by atoms with Gasteiger partial charge in [0, 0.05) is 31.1 Å². The third kappa shape index (κ3) is 4.95. The minimum atomic E-state index is -0.647. The number of nitrogens with zero attached hydrogens (tertiary/aromatic N) is 2. The number of alkyl carbamates (subject to hydrolysis) is 1. The first-order chi connectivity index (χ1) is 11.5. The summed E-state index contributed by atoms with van der Waals surface area (Å²) in [6.45, 7) is 3.84. The van der Waals surface area contributed by atoms with Gasteiger partial charge in [0.2, 0.25) is 11.8 Å². The molecule has 1 N–H and O–H groups in total. The Morgan fingerprint density at radius 1 is 1.25 bits per heavy atom. The SMILES string of the molecule is COC(=O)NC(C)C(=O)N1CCCN(C(=O)Cc2cccs2)CC1. The van der Waals surface area contributed by atoms with Crippen LogP contribution in [0, 0.1) is 0 Å². The number of thiophene rings is 1. The predicted octanol–water partition coefficient (Wildman–Crippen LogP) is 1.10. The van der Waals surface area contributed by atoms with Crippen molar-refractivity contribution in [2.75, 3.05) is 33.3 Å². The fraction of sp³-hybridized carbons (Fsp3) is 0.562. The third-order valence-corrected chi connectivity index (χ3v) is 4.83. The van der Waals surface area contributed by atoms with Crippen molar-refractivity contribution in [1.29, 1.82) is 0 Å². The van der Waals surface area contributed by atoms with Gasteiger partial charge in [-0.2, -0.15) is 0 Å². The second-order valence-corrected chi connectivity index (χ2v) is 6.71. The Kier molecular flexibility index (Phi) is 6.60. The monoisotopic (exact) mass is 353 g/mol. The summed E-state index contributed by atoms with van der Waals surface area (Å²) in [7, 11) is 1.26. The lowest BCUT2D eigenvalue weighted by molar-refractivity contribution is -0.134. The molecule has 0 saturated carbocycles. The van der Waals surface area contributed by atoms with Crippen molar-refractivity contribution in [3.63, 3.8) is 0 Å². The summed E-state index contributed by atoms with van der Waals surface area (Å²) in [6, 6.07) is 3.24. The second kappa shape index (κ2) is 8.68. The summed E-state index contributed by atoms with van der Waals surface area (Å²) in [5.41, 5.74) is 0. The Labute approximate surface area is 145 Å². The van der Waals surface area contributed by atoms with E-state index < -0.39 is 12.1 Å². The minimum absolute atomic E-state index is 0.0903. The van der Waals surface area contributed by atoms with Crippen molar-refractivity contribution >= 4 is 29.2 Å². The van der Waals surface area contributed by atoms with Gasteiger partial charge in [0.1, 0.15) is 6.04 Å². The molecule has 1 atom stereocenters. The highest BCUT2D eigenvalue weighted by atomic mass is 32.1. The highest BCUT2D eigenvalue weighted by molar-refractivity contribution is 7.10. The maximum Gasteiger partial charge on any atom is 0.407 e. The van der Waals surface area contributed by atoms with E-state index in [1.807, 2.05) is 22.4 Å². The van der Waals surface area contributed by atoms with Crippen molar-refractivity contribution < 1.29 is 19.1 Å². The van der Waals surface area contributed by atoms with Crippen LogP contribution in [0.25, 0.3) is 0 Å². The Bertz CT molecular complexity index is 576. The van der Waals surface area contributed by atoms with Crippen molar-refractivity contribution in [2.24, 2.45) is 0 Å². The van der Waals surface area contributed by atoms with Crippen molar-refractivity contribution in [1.82, 2.24) is 15.1 Å². The summed E-state index contributed by atoms with van der Waals surface area (Å²) >= 11 is 1.57. The van der Waals surface area contributed by atoms with E-state index in [-0.39, 0.29) is 11.8 Å². The van der Waals surface area contributed by atoms with Crippen LogP contribution in [0.4, 0.5) is 4.79 Å². The molecule has 1 fully saturated rings. The summed E-state index contributed by atoms with van der Waals surface area (Å²) in [5.74, 6) is -0.0690. The van der Waals surface area contributed by atoms with Gasteiger partial charge in [0.15, 0.2) is 0 Å². The van der Waals surface area contributed by atoms with E-state index in [2.05, 4.69) is 10.1 Å². The molecule has 0 aliphatic carbocycles. The summed E-state index contributed by atoms with van der Waals surface area (Å²) < 4.78 is 4.51. The Hall–Kier alpha value is -2.09. The predicted molar refractivity (Wildman–Crippen MR) is 90.8 cm³/mol. The number of amides is 3. The van der Waals surface area contributed by atoms with Gasteiger partial charge in [-0.3, -0.25) is 9.59 Å². The van der Waals surface area contributed by atoms with Crippen LogP contribution in [0.1, 0.15) is 18.2 Å². The average Bonchev–Trinajstić information content (AvgIpc) is 2.95. The smallest absolute Gasteiger partial charge is 0.407 e. The van der Waals surface area contributed by atoms with E-state index in [9.17, 15) is 14.4 Å². The molecule has 2 heterocycles. The Balaban J connectivity index is 1.86. The van der Waals surface area contributed by atoms with Gasteiger partial charge in [-0.15, -0.1) is 11.3 Å². The standard InChI is InChI=1S/C16H23N3O4S/c1-12(17-16(22)23-2)15(21)19-7-4-6-18(8-9-19)14(20)11-13-5-3-10-24-13/h3,5,10,12H,4,6-9,11H2,1-2H3,(H,17,22). The molecule has 1 aliphatic rings. The number of ether oxygens (including phenoxy) is 1. The summed E-state index contributed by atoms with van der Waals surface area (Å²) in [4.78, 5) is 40.5. The maximum absolute atomic E-state index is 12.4. The van der Waals surface area contributed by atoms with Gasteiger partial charge in [0.05, 0.1) is 13.5 Å². The molecule has 8 heteroatoms. The molecule has 0 radical (unpaired) electrons. The molecule has 7 nitrogen and oxygen atoms in total. The van der Waals surface area contributed by atoms with E-state index in [1.165, 1.54) is 7.11 Å². The van der Waals surface area contributed by atoms with Gasteiger partial charge in [0.25, 0.3) is 0 Å². The lowest BCUT2D eigenvalue weighted by Crippen LogP contribution is -2.48. The molecular weight excluding hydrogens is 330 g/mol. The van der Waals surface area contributed by atoms with Crippen molar-refractivity contribution in [2.45, 2.75) is 25.8 Å². The number of carbonyl (C=O) groups is 3. The molecule has 2 rings (SSSR count). The molecule has 0 spiro atoms. The van der Waals surface area contributed by atoms with Crippen molar-refractivity contribution in [3.05, 3.63) is 22.4 Å². The Morgan fingerprint density at radius 2 is 1.96 bits per heavy atom. The Morgan fingerprint density at radius 3 is 2.62 bits per heavy atom. The first-order valence-corrected chi connectivity index (χ1v) is 8.82. The van der Waals surface area contributed by atoms with E-state index in [0.29, 0.717) is 32.6 Å². The zero-order valence-electron chi connectivity index (χ0n) is 14.0.